The number of rotatable bonds is 3. The van der Waals surface area contributed by atoms with Gasteiger partial charge in [-0.25, -0.2) is 4.68 Å². The van der Waals surface area contributed by atoms with E-state index >= 15 is 0 Å². The first-order chi connectivity index (χ1) is 11.6. The van der Waals surface area contributed by atoms with Crippen molar-refractivity contribution in [2.45, 2.75) is 13.8 Å². The molecule has 3 aromatic rings. The third-order valence-corrected chi connectivity index (χ3v) is 5.79. The standard InChI is InChI=1S/C19H18IN3S/c1-13-8-9-15(10-14(13)2)18-12-24-19(21-3)23(18)22-11-16-6-4-5-7-17(16)20/h4-12H,1-3H3/b21-19?,22-11-. The molecule has 0 N–H and O–H groups in total. The van der Waals surface area contributed by atoms with E-state index in [1.807, 2.05) is 23.0 Å². The summed E-state index contributed by atoms with van der Waals surface area (Å²) in [5.74, 6) is 0. The van der Waals surface area contributed by atoms with Crippen LogP contribution in [0.1, 0.15) is 16.7 Å². The highest BCUT2D eigenvalue weighted by Crippen LogP contribution is 2.23. The molecule has 3 nitrogen and oxygen atoms in total. The largest absolute Gasteiger partial charge is 0.261 e. The van der Waals surface area contributed by atoms with E-state index in [0.29, 0.717) is 0 Å². The Morgan fingerprint density at radius 1 is 1.08 bits per heavy atom. The molecule has 0 aliphatic carbocycles. The summed E-state index contributed by atoms with van der Waals surface area (Å²) in [6.45, 7) is 4.26. The normalized spacial score (nSPS) is 12.2. The molecule has 0 aliphatic heterocycles. The molecule has 1 aromatic heterocycles. The van der Waals surface area contributed by atoms with Crippen molar-refractivity contribution in [3.8, 4) is 11.3 Å². The van der Waals surface area contributed by atoms with Gasteiger partial charge in [0.05, 0.1) is 11.9 Å². The third-order valence-electron chi connectivity index (χ3n) is 3.90. The Hall–Kier alpha value is -1.73. The molecule has 0 saturated carbocycles. The van der Waals surface area contributed by atoms with Gasteiger partial charge in [0, 0.05) is 27.1 Å². The first-order valence-electron chi connectivity index (χ1n) is 7.60. The molecule has 0 amide bonds. The Kier molecular flexibility index (Phi) is 5.30. The monoisotopic (exact) mass is 447 g/mol. The number of halogens is 1. The van der Waals surface area contributed by atoms with Crippen LogP contribution in [0.5, 0.6) is 0 Å². The molecular weight excluding hydrogens is 429 g/mol. The quantitative estimate of drug-likeness (QED) is 0.406. The molecule has 5 heteroatoms. The van der Waals surface area contributed by atoms with E-state index in [4.69, 9.17) is 5.10 Å². The van der Waals surface area contributed by atoms with E-state index in [2.05, 4.69) is 77.1 Å². The minimum absolute atomic E-state index is 0.880. The third kappa shape index (κ3) is 3.52. The Morgan fingerprint density at radius 2 is 1.88 bits per heavy atom. The molecule has 0 unspecified atom stereocenters. The molecule has 0 aliphatic rings. The van der Waals surface area contributed by atoms with Gasteiger partial charge in [-0.2, -0.15) is 5.10 Å². The van der Waals surface area contributed by atoms with Gasteiger partial charge in [0.1, 0.15) is 0 Å². The fourth-order valence-corrected chi connectivity index (χ4v) is 3.69. The van der Waals surface area contributed by atoms with Crippen molar-refractivity contribution in [2.24, 2.45) is 10.1 Å². The Morgan fingerprint density at radius 3 is 2.58 bits per heavy atom. The Labute approximate surface area is 159 Å². The van der Waals surface area contributed by atoms with Gasteiger partial charge in [0.15, 0.2) is 0 Å². The average Bonchev–Trinajstić information content (AvgIpc) is 2.99. The fraction of sp³-hybridized carbons (Fsp3) is 0.158. The van der Waals surface area contributed by atoms with E-state index in [9.17, 15) is 0 Å². The molecule has 1 heterocycles. The van der Waals surface area contributed by atoms with Crippen molar-refractivity contribution in [2.75, 3.05) is 7.05 Å². The summed E-state index contributed by atoms with van der Waals surface area (Å²) < 4.78 is 3.09. The molecule has 122 valence electrons. The summed E-state index contributed by atoms with van der Waals surface area (Å²) in [6, 6.07) is 14.7. The van der Waals surface area contributed by atoms with Gasteiger partial charge < -0.3 is 0 Å². The Bertz CT molecular complexity index is 967. The van der Waals surface area contributed by atoms with Gasteiger partial charge in [-0.1, -0.05) is 30.3 Å². The van der Waals surface area contributed by atoms with Gasteiger partial charge in [-0.3, -0.25) is 4.99 Å². The van der Waals surface area contributed by atoms with Crippen molar-refractivity contribution < 1.29 is 0 Å². The number of thiazole rings is 1. The molecule has 0 radical (unpaired) electrons. The summed E-state index contributed by atoms with van der Waals surface area (Å²) >= 11 is 3.93. The summed E-state index contributed by atoms with van der Waals surface area (Å²) in [4.78, 5) is 5.24. The van der Waals surface area contributed by atoms with Crippen molar-refractivity contribution >= 4 is 40.1 Å². The lowest BCUT2D eigenvalue weighted by atomic mass is 10.1. The first kappa shape index (κ1) is 17.1. The van der Waals surface area contributed by atoms with Gasteiger partial charge in [-0.05, 0) is 59.7 Å². The van der Waals surface area contributed by atoms with Gasteiger partial charge in [0.2, 0.25) is 4.80 Å². The van der Waals surface area contributed by atoms with Crippen LogP contribution in [0.2, 0.25) is 0 Å². The van der Waals surface area contributed by atoms with Gasteiger partial charge in [-0.15, -0.1) is 11.3 Å². The van der Waals surface area contributed by atoms with Crippen molar-refractivity contribution in [1.82, 2.24) is 4.68 Å². The fourth-order valence-electron chi connectivity index (χ4n) is 2.36. The van der Waals surface area contributed by atoms with Crippen LogP contribution in [-0.4, -0.2) is 17.9 Å². The van der Waals surface area contributed by atoms with Crippen LogP contribution >= 0.6 is 33.9 Å². The molecule has 0 saturated heterocycles. The summed E-state index contributed by atoms with van der Waals surface area (Å²) in [6.07, 6.45) is 1.90. The van der Waals surface area contributed by atoms with E-state index in [1.165, 1.54) is 14.7 Å². The number of nitrogens with zero attached hydrogens (tertiary/aromatic N) is 3. The minimum Gasteiger partial charge on any atom is -0.261 e. The van der Waals surface area contributed by atoms with Crippen molar-refractivity contribution in [3.63, 3.8) is 0 Å². The maximum Gasteiger partial charge on any atom is 0.205 e. The summed E-state index contributed by atoms with van der Waals surface area (Å²) in [5.41, 5.74) is 5.89. The highest BCUT2D eigenvalue weighted by atomic mass is 127. The highest BCUT2D eigenvalue weighted by molar-refractivity contribution is 14.1. The van der Waals surface area contributed by atoms with Crippen molar-refractivity contribution in [1.29, 1.82) is 0 Å². The maximum atomic E-state index is 4.70. The van der Waals surface area contributed by atoms with Crippen LogP contribution in [0.15, 0.2) is 57.9 Å². The van der Waals surface area contributed by atoms with Gasteiger partial charge in [0.25, 0.3) is 0 Å². The van der Waals surface area contributed by atoms with Crippen LogP contribution in [0.3, 0.4) is 0 Å². The van der Waals surface area contributed by atoms with E-state index in [0.717, 1.165) is 21.6 Å². The lowest BCUT2D eigenvalue weighted by Crippen LogP contribution is -2.11. The number of benzene rings is 2. The predicted molar refractivity (Wildman–Crippen MR) is 111 cm³/mol. The zero-order valence-electron chi connectivity index (χ0n) is 13.8. The number of hydrogen-bond acceptors (Lipinski definition) is 3. The lowest BCUT2D eigenvalue weighted by molar-refractivity contribution is 0.848. The molecule has 2 aromatic carbocycles. The second-order valence-corrected chi connectivity index (χ2v) is 7.50. The smallest absolute Gasteiger partial charge is 0.205 e. The van der Waals surface area contributed by atoms with Crippen LogP contribution in [0.25, 0.3) is 11.3 Å². The molecular formula is C19H18IN3S. The topological polar surface area (TPSA) is 29.6 Å². The molecule has 0 bridgehead atoms. The van der Waals surface area contributed by atoms with Crippen LogP contribution in [0.4, 0.5) is 0 Å². The SMILES string of the molecule is CN=c1scc(-c2ccc(C)c(C)c2)n1/N=C\c1ccccc1I. The van der Waals surface area contributed by atoms with Crippen LogP contribution in [0, 0.1) is 17.4 Å². The van der Waals surface area contributed by atoms with E-state index in [1.54, 1.807) is 18.4 Å². The summed E-state index contributed by atoms with van der Waals surface area (Å²) in [7, 11) is 1.80. The molecule has 24 heavy (non-hydrogen) atoms. The van der Waals surface area contributed by atoms with Crippen LogP contribution < -0.4 is 4.80 Å². The summed E-state index contributed by atoms with van der Waals surface area (Å²) in [5, 5.41) is 6.81. The Balaban J connectivity index is 2.09. The maximum absolute atomic E-state index is 4.70. The molecule has 0 fully saturated rings. The molecule has 3 rings (SSSR count). The number of aryl methyl sites for hydroxylation is 2. The lowest BCUT2D eigenvalue weighted by Gasteiger charge is -2.06. The zero-order valence-corrected chi connectivity index (χ0v) is 16.8. The second-order valence-electron chi connectivity index (χ2n) is 5.50. The van der Waals surface area contributed by atoms with E-state index in [-0.39, 0.29) is 0 Å². The predicted octanol–water partition coefficient (Wildman–Crippen LogP) is 4.85. The van der Waals surface area contributed by atoms with Crippen molar-refractivity contribution in [3.05, 3.63) is 72.9 Å². The molecule has 0 spiro atoms. The highest BCUT2D eigenvalue weighted by Gasteiger charge is 2.08. The van der Waals surface area contributed by atoms with Gasteiger partial charge >= 0.3 is 0 Å². The van der Waals surface area contributed by atoms with Crippen LogP contribution in [-0.2, 0) is 0 Å². The molecule has 0 atom stereocenters. The first-order valence-corrected chi connectivity index (χ1v) is 9.56. The second kappa shape index (κ2) is 7.44. The zero-order chi connectivity index (χ0) is 17.1. The minimum atomic E-state index is 0.880. The number of aromatic nitrogens is 1. The number of hydrogen-bond donors (Lipinski definition) is 0. The average molecular weight is 447 g/mol. The van der Waals surface area contributed by atoms with E-state index < -0.39 is 0 Å².